The van der Waals surface area contributed by atoms with Crippen molar-refractivity contribution in [1.29, 1.82) is 0 Å². The van der Waals surface area contributed by atoms with Crippen LogP contribution in [0.5, 0.6) is 0 Å². The highest BCUT2D eigenvalue weighted by molar-refractivity contribution is 7.22. The quantitative estimate of drug-likeness (QED) is 0.235. The SMILES string of the molecule is CCNC(=O)[C@@H]1C[C@H](n2cnc3c(NCCNc4nc5ccccc5s4)ncnc32)[C@@H](O)[C@H]1O. The lowest BCUT2D eigenvalue weighted by molar-refractivity contribution is -0.128. The van der Waals surface area contributed by atoms with Gasteiger partial charge < -0.3 is 30.7 Å². The number of rotatable bonds is 8. The van der Waals surface area contributed by atoms with E-state index in [4.69, 9.17) is 0 Å². The lowest BCUT2D eigenvalue weighted by atomic mass is 10.0. The molecule has 1 fully saturated rings. The molecule has 34 heavy (non-hydrogen) atoms. The van der Waals surface area contributed by atoms with Crippen molar-refractivity contribution in [2.45, 2.75) is 31.6 Å². The zero-order valence-electron chi connectivity index (χ0n) is 18.5. The van der Waals surface area contributed by atoms with E-state index >= 15 is 0 Å². The van der Waals surface area contributed by atoms with Crippen LogP contribution >= 0.6 is 11.3 Å². The number of anilines is 2. The Morgan fingerprint density at radius 2 is 1.97 bits per heavy atom. The number of nitrogens with one attached hydrogen (secondary N) is 3. The first-order valence-electron chi connectivity index (χ1n) is 11.2. The fraction of sp³-hybridized carbons (Fsp3) is 0.409. The summed E-state index contributed by atoms with van der Waals surface area (Å²) in [5, 5.41) is 31.2. The zero-order valence-corrected chi connectivity index (χ0v) is 19.4. The van der Waals surface area contributed by atoms with Gasteiger partial charge in [0.2, 0.25) is 5.91 Å². The summed E-state index contributed by atoms with van der Waals surface area (Å²) < 4.78 is 2.85. The van der Waals surface area contributed by atoms with E-state index in [-0.39, 0.29) is 5.91 Å². The third kappa shape index (κ3) is 4.15. The van der Waals surface area contributed by atoms with E-state index in [1.165, 1.54) is 6.33 Å². The van der Waals surface area contributed by atoms with Crippen LogP contribution in [0.15, 0.2) is 36.9 Å². The number of benzene rings is 1. The normalized spacial score (nSPS) is 22.3. The van der Waals surface area contributed by atoms with Gasteiger partial charge in [0.15, 0.2) is 16.6 Å². The number of amides is 1. The highest BCUT2D eigenvalue weighted by Gasteiger charge is 2.46. The molecule has 0 aliphatic heterocycles. The van der Waals surface area contributed by atoms with Gasteiger partial charge in [-0.1, -0.05) is 23.5 Å². The molecule has 1 aliphatic rings. The molecule has 1 aliphatic carbocycles. The van der Waals surface area contributed by atoms with Gasteiger partial charge in [0.25, 0.3) is 0 Å². The summed E-state index contributed by atoms with van der Waals surface area (Å²) in [6.45, 7) is 3.50. The van der Waals surface area contributed by atoms with Gasteiger partial charge in [-0.05, 0) is 25.5 Å². The number of imidazole rings is 1. The van der Waals surface area contributed by atoms with Crippen LogP contribution in [-0.4, -0.2) is 72.5 Å². The van der Waals surface area contributed by atoms with Crippen molar-refractivity contribution in [1.82, 2.24) is 29.8 Å². The summed E-state index contributed by atoms with van der Waals surface area (Å²) in [7, 11) is 0. The number of carbonyl (C=O) groups is 1. The molecule has 3 heterocycles. The predicted octanol–water partition coefficient (Wildman–Crippen LogP) is 1.38. The van der Waals surface area contributed by atoms with E-state index in [1.54, 1.807) is 22.2 Å². The Labute approximate surface area is 199 Å². The summed E-state index contributed by atoms with van der Waals surface area (Å²) in [4.78, 5) is 29.9. The predicted molar refractivity (Wildman–Crippen MR) is 130 cm³/mol. The Hall–Kier alpha value is -3.35. The minimum absolute atomic E-state index is 0.265. The van der Waals surface area contributed by atoms with E-state index in [1.807, 2.05) is 31.2 Å². The Morgan fingerprint density at radius 1 is 1.15 bits per heavy atom. The van der Waals surface area contributed by atoms with Crippen LogP contribution in [0.25, 0.3) is 21.4 Å². The summed E-state index contributed by atoms with van der Waals surface area (Å²) in [5.74, 6) is -0.382. The maximum atomic E-state index is 12.3. The van der Waals surface area contributed by atoms with Gasteiger partial charge >= 0.3 is 0 Å². The highest BCUT2D eigenvalue weighted by Crippen LogP contribution is 2.37. The van der Waals surface area contributed by atoms with Crippen LogP contribution < -0.4 is 16.0 Å². The molecule has 3 aromatic heterocycles. The Balaban J connectivity index is 1.26. The van der Waals surface area contributed by atoms with Gasteiger partial charge in [0.05, 0.1) is 34.6 Å². The second-order valence-electron chi connectivity index (χ2n) is 8.17. The van der Waals surface area contributed by atoms with Crippen LogP contribution in [0.1, 0.15) is 19.4 Å². The molecule has 178 valence electrons. The number of hydrogen-bond acceptors (Lipinski definition) is 10. The molecule has 1 saturated carbocycles. The number of carbonyl (C=O) groups excluding carboxylic acids is 1. The van der Waals surface area contributed by atoms with E-state index < -0.39 is 24.2 Å². The number of nitrogens with zero attached hydrogens (tertiary/aromatic N) is 5. The molecule has 5 rings (SSSR count). The smallest absolute Gasteiger partial charge is 0.225 e. The summed E-state index contributed by atoms with van der Waals surface area (Å²) in [5.41, 5.74) is 2.06. The fourth-order valence-corrected chi connectivity index (χ4v) is 5.26. The first-order valence-corrected chi connectivity index (χ1v) is 12.0. The Morgan fingerprint density at radius 3 is 2.79 bits per heavy atom. The van der Waals surface area contributed by atoms with Crippen LogP contribution in [-0.2, 0) is 4.79 Å². The standard InChI is InChI=1S/C22H26N8O3S/c1-2-23-21(33)12-9-14(18(32)17(12)31)30-11-28-16-19(26-10-27-20(16)30)24-7-8-25-22-29-13-5-3-4-6-15(13)34-22/h3-6,10-12,14,17-18,31-32H,2,7-9H2,1H3,(H,23,33)(H,25,29)(H,24,26,27)/t12-,14+,17+,18-/m1/s1. The monoisotopic (exact) mass is 482 g/mol. The van der Waals surface area contributed by atoms with Crippen molar-refractivity contribution < 1.29 is 15.0 Å². The summed E-state index contributed by atoms with van der Waals surface area (Å²) in [6.07, 6.45) is 1.04. The van der Waals surface area contributed by atoms with Crippen molar-refractivity contribution in [2.75, 3.05) is 30.3 Å². The average molecular weight is 483 g/mol. The second kappa shape index (κ2) is 9.49. The number of fused-ring (bicyclic) bond motifs is 2. The zero-order chi connectivity index (χ0) is 23.7. The molecule has 1 aromatic carbocycles. The van der Waals surface area contributed by atoms with Gasteiger partial charge in [0, 0.05) is 19.6 Å². The number of aliphatic hydroxyl groups is 2. The number of thiazole rings is 1. The molecule has 0 radical (unpaired) electrons. The van der Waals surface area contributed by atoms with Crippen molar-refractivity contribution in [2.24, 2.45) is 5.92 Å². The number of aliphatic hydroxyl groups excluding tert-OH is 2. The van der Waals surface area contributed by atoms with Crippen LogP contribution in [0.2, 0.25) is 0 Å². The van der Waals surface area contributed by atoms with Crippen molar-refractivity contribution in [3.8, 4) is 0 Å². The van der Waals surface area contributed by atoms with Gasteiger partial charge in [-0.3, -0.25) is 4.79 Å². The maximum Gasteiger partial charge on any atom is 0.225 e. The van der Waals surface area contributed by atoms with Crippen molar-refractivity contribution >= 4 is 49.6 Å². The fourth-order valence-electron chi connectivity index (χ4n) is 4.37. The summed E-state index contributed by atoms with van der Waals surface area (Å²) >= 11 is 1.61. The number of hydrogen-bond donors (Lipinski definition) is 5. The Bertz CT molecular complexity index is 1270. The minimum atomic E-state index is -1.15. The molecule has 11 nitrogen and oxygen atoms in total. The highest BCUT2D eigenvalue weighted by atomic mass is 32.1. The molecule has 12 heteroatoms. The molecule has 0 saturated heterocycles. The number of aromatic nitrogens is 5. The Kier molecular flexibility index (Phi) is 6.26. The van der Waals surface area contributed by atoms with E-state index in [2.05, 4.69) is 35.9 Å². The molecular weight excluding hydrogens is 456 g/mol. The largest absolute Gasteiger partial charge is 0.390 e. The van der Waals surface area contributed by atoms with Crippen LogP contribution in [0.3, 0.4) is 0 Å². The van der Waals surface area contributed by atoms with Crippen molar-refractivity contribution in [3.63, 3.8) is 0 Å². The molecular formula is C22H26N8O3S. The first-order chi connectivity index (χ1) is 16.6. The van der Waals surface area contributed by atoms with Crippen LogP contribution in [0, 0.1) is 5.92 Å². The van der Waals surface area contributed by atoms with Crippen molar-refractivity contribution in [3.05, 3.63) is 36.9 Å². The minimum Gasteiger partial charge on any atom is -0.390 e. The molecule has 0 spiro atoms. The maximum absolute atomic E-state index is 12.3. The second-order valence-corrected chi connectivity index (χ2v) is 9.20. The third-order valence-electron chi connectivity index (χ3n) is 6.04. The van der Waals surface area contributed by atoms with Gasteiger partial charge in [-0.15, -0.1) is 0 Å². The summed E-state index contributed by atoms with van der Waals surface area (Å²) in [6, 6.07) is 7.48. The molecule has 4 atom stereocenters. The first kappa shape index (κ1) is 22.4. The third-order valence-corrected chi connectivity index (χ3v) is 7.04. The lowest BCUT2D eigenvalue weighted by Crippen LogP contribution is -2.38. The molecule has 1 amide bonds. The van der Waals surface area contributed by atoms with Gasteiger partial charge in [-0.2, -0.15) is 0 Å². The molecule has 0 unspecified atom stereocenters. The van der Waals surface area contributed by atoms with Gasteiger partial charge in [0.1, 0.15) is 17.9 Å². The molecule has 0 bridgehead atoms. The van der Waals surface area contributed by atoms with E-state index in [9.17, 15) is 15.0 Å². The number of para-hydroxylation sites is 1. The molecule has 4 aromatic rings. The topological polar surface area (TPSA) is 150 Å². The molecule has 5 N–H and O–H groups in total. The lowest BCUT2D eigenvalue weighted by Gasteiger charge is -2.18. The average Bonchev–Trinajstić information content (AvgIpc) is 3.53. The van der Waals surface area contributed by atoms with Crippen LogP contribution in [0.4, 0.5) is 10.9 Å². The van der Waals surface area contributed by atoms with E-state index in [0.29, 0.717) is 43.0 Å². The van der Waals surface area contributed by atoms with E-state index in [0.717, 1.165) is 15.3 Å². The van der Waals surface area contributed by atoms with Gasteiger partial charge in [-0.25, -0.2) is 19.9 Å².